The number of nitrogens with zero attached hydrogens (tertiary/aromatic N) is 1. The number of carbonyl (C=O) groups is 2. The maximum atomic E-state index is 11.8. The third-order valence-corrected chi connectivity index (χ3v) is 4.76. The molecule has 0 radical (unpaired) electrons. The number of hydrogen-bond donors (Lipinski definition) is 2. The Morgan fingerprint density at radius 1 is 1.00 bits per heavy atom. The molecular formula is C19H37N3O2. The van der Waals surface area contributed by atoms with Gasteiger partial charge in [0.2, 0.25) is 11.8 Å². The zero-order valence-corrected chi connectivity index (χ0v) is 16.1. The maximum absolute atomic E-state index is 11.8. The smallest absolute Gasteiger partial charge is 0.225 e. The molecule has 0 atom stereocenters. The lowest BCUT2D eigenvalue weighted by Crippen LogP contribution is -2.36. The minimum atomic E-state index is -0.368. The van der Waals surface area contributed by atoms with Crippen molar-refractivity contribution in [3.8, 4) is 0 Å². The summed E-state index contributed by atoms with van der Waals surface area (Å²) in [5.41, 5.74) is -0.368. The summed E-state index contributed by atoms with van der Waals surface area (Å²) in [6.07, 6.45) is 8.91. The number of carbonyl (C=O) groups excluding carboxylic acids is 2. The fraction of sp³-hybridized carbons (Fsp3) is 0.895. The van der Waals surface area contributed by atoms with E-state index in [0.29, 0.717) is 19.4 Å². The normalized spacial score (nSPS) is 16.2. The van der Waals surface area contributed by atoms with Gasteiger partial charge in [0.25, 0.3) is 0 Å². The zero-order chi connectivity index (χ0) is 18.0. The second kappa shape index (κ2) is 10.7. The first-order valence-corrected chi connectivity index (χ1v) is 9.56. The van der Waals surface area contributed by atoms with Crippen LogP contribution in [0.25, 0.3) is 0 Å². The monoisotopic (exact) mass is 339 g/mol. The molecule has 1 saturated carbocycles. The predicted molar refractivity (Wildman–Crippen MR) is 98.8 cm³/mol. The van der Waals surface area contributed by atoms with Crippen LogP contribution in [0.15, 0.2) is 0 Å². The molecule has 0 saturated heterocycles. The molecule has 1 aliphatic carbocycles. The van der Waals surface area contributed by atoms with Gasteiger partial charge in [-0.15, -0.1) is 0 Å². The van der Waals surface area contributed by atoms with Crippen molar-refractivity contribution in [3.63, 3.8) is 0 Å². The molecule has 2 N–H and O–H groups in total. The Labute approximate surface area is 147 Å². The summed E-state index contributed by atoms with van der Waals surface area (Å²) in [4.78, 5) is 25.9. The molecule has 0 unspecified atom stereocenters. The van der Waals surface area contributed by atoms with Crippen LogP contribution in [-0.2, 0) is 9.59 Å². The van der Waals surface area contributed by atoms with Crippen molar-refractivity contribution in [2.24, 2.45) is 5.41 Å². The summed E-state index contributed by atoms with van der Waals surface area (Å²) in [6, 6.07) is 0.737. The predicted octanol–water partition coefficient (Wildman–Crippen LogP) is 2.70. The SMILES string of the molecule is CN(CCCNC(=O)CCCNC(=O)C(C)(C)C)C1CCCCC1. The van der Waals surface area contributed by atoms with Crippen molar-refractivity contribution in [3.05, 3.63) is 0 Å². The Balaban J connectivity index is 2.00. The van der Waals surface area contributed by atoms with Crippen molar-refractivity contribution >= 4 is 11.8 Å². The maximum Gasteiger partial charge on any atom is 0.225 e. The molecule has 0 aromatic carbocycles. The summed E-state index contributed by atoms with van der Waals surface area (Å²) >= 11 is 0. The van der Waals surface area contributed by atoms with Crippen LogP contribution in [0, 0.1) is 5.41 Å². The van der Waals surface area contributed by atoms with Crippen molar-refractivity contribution < 1.29 is 9.59 Å². The van der Waals surface area contributed by atoms with Gasteiger partial charge >= 0.3 is 0 Å². The van der Waals surface area contributed by atoms with Crippen LogP contribution in [0.2, 0.25) is 0 Å². The zero-order valence-electron chi connectivity index (χ0n) is 16.1. The molecular weight excluding hydrogens is 302 g/mol. The molecule has 1 fully saturated rings. The van der Waals surface area contributed by atoms with Gasteiger partial charge in [0.1, 0.15) is 0 Å². The van der Waals surface area contributed by atoms with Crippen LogP contribution in [-0.4, -0.2) is 49.4 Å². The quantitative estimate of drug-likeness (QED) is 0.635. The van der Waals surface area contributed by atoms with Crippen LogP contribution >= 0.6 is 0 Å². The second-order valence-corrected chi connectivity index (χ2v) is 8.09. The Kier molecular flexibility index (Phi) is 9.34. The van der Waals surface area contributed by atoms with E-state index in [1.807, 2.05) is 20.8 Å². The highest BCUT2D eigenvalue weighted by Crippen LogP contribution is 2.21. The average Bonchev–Trinajstić information content (AvgIpc) is 2.55. The molecule has 0 spiro atoms. The van der Waals surface area contributed by atoms with Crippen molar-refractivity contribution in [2.75, 3.05) is 26.7 Å². The Morgan fingerprint density at radius 2 is 1.62 bits per heavy atom. The highest BCUT2D eigenvalue weighted by atomic mass is 16.2. The van der Waals surface area contributed by atoms with Gasteiger partial charge in [0.05, 0.1) is 0 Å². The summed E-state index contributed by atoms with van der Waals surface area (Å²) in [5, 5.41) is 5.85. The minimum Gasteiger partial charge on any atom is -0.356 e. The topological polar surface area (TPSA) is 61.4 Å². The van der Waals surface area contributed by atoms with Crippen LogP contribution in [0.4, 0.5) is 0 Å². The van der Waals surface area contributed by atoms with Gasteiger partial charge in [-0.25, -0.2) is 0 Å². The number of amides is 2. The van der Waals surface area contributed by atoms with Crippen molar-refractivity contribution in [1.82, 2.24) is 15.5 Å². The Bertz CT molecular complexity index is 385. The van der Waals surface area contributed by atoms with E-state index in [9.17, 15) is 9.59 Å². The lowest BCUT2D eigenvalue weighted by atomic mass is 9.94. The van der Waals surface area contributed by atoms with E-state index in [-0.39, 0.29) is 17.2 Å². The first-order valence-electron chi connectivity index (χ1n) is 9.56. The molecule has 1 aliphatic rings. The fourth-order valence-corrected chi connectivity index (χ4v) is 3.07. The van der Waals surface area contributed by atoms with Gasteiger partial charge < -0.3 is 15.5 Å². The molecule has 1 rings (SSSR count). The van der Waals surface area contributed by atoms with Crippen molar-refractivity contribution in [2.45, 2.75) is 78.2 Å². The van der Waals surface area contributed by atoms with Crippen LogP contribution in [0.3, 0.4) is 0 Å². The van der Waals surface area contributed by atoms with Gasteiger partial charge in [-0.1, -0.05) is 40.0 Å². The summed E-state index contributed by atoms with van der Waals surface area (Å²) in [5.74, 6) is 0.119. The van der Waals surface area contributed by atoms with Gasteiger partial charge in [-0.3, -0.25) is 9.59 Å². The standard InChI is InChI=1S/C19H37N3O2/c1-19(2,3)18(24)21-13-8-12-17(23)20-14-9-15-22(4)16-10-6-5-7-11-16/h16H,5-15H2,1-4H3,(H,20,23)(H,21,24). The molecule has 2 amide bonds. The van der Waals surface area contributed by atoms with E-state index in [1.165, 1.54) is 32.1 Å². The van der Waals surface area contributed by atoms with Gasteiger partial charge in [0.15, 0.2) is 0 Å². The lowest BCUT2D eigenvalue weighted by molar-refractivity contribution is -0.128. The van der Waals surface area contributed by atoms with E-state index in [2.05, 4.69) is 22.6 Å². The minimum absolute atomic E-state index is 0.0358. The number of hydrogen-bond acceptors (Lipinski definition) is 3. The summed E-state index contributed by atoms with van der Waals surface area (Å²) in [7, 11) is 2.20. The molecule has 0 bridgehead atoms. The van der Waals surface area contributed by atoms with Crippen LogP contribution in [0.5, 0.6) is 0 Å². The first kappa shape index (κ1) is 20.9. The number of nitrogens with one attached hydrogen (secondary N) is 2. The molecule has 0 heterocycles. The first-order chi connectivity index (χ1) is 11.3. The number of rotatable bonds is 9. The molecule has 0 aromatic heterocycles. The Hall–Kier alpha value is -1.10. The van der Waals surface area contributed by atoms with Gasteiger partial charge in [0, 0.05) is 31.0 Å². The van der Waals surface area contributed by atoms with Crippen molar-refractivity contribution in [1.29, 1.82) is 0 Å². The molecule has 5 heteroatoms. The van der Waals surface area contributed by atoms with Crippen LogP contribution < -0.4 is 10.6 Å². The van der Waals surface area contributed by atoms with Gasteiger partial charge in [-0.05, 0) is 39.3 Å². The largest absolute Gasteiger partial charge is 0.356 e. The van der Waals surface area contributed by atoms with E-state index < -0.39 is 0 Å². The summed E-state index contributed by atoms with van der Waals surface area (Å²) < 4.78 is 0. The molecule has 24 heavy (non-hydrogen) atoms. The highest BCUT2D eigenvalue weighted by Gasteiger charge is 2.20. The second-order valence-electron chi connectivity index (χ2n) is 8.09. The third-order valence-electron chi connectivity index (χ3n) is 4.76. The van der Waals surface area contributed by atoms with E-state index in [1.54, 1.807) is 0 Å². The average molecular weight is 340 g/mol. The van der Waals surface area contributed by atoms with Crippen LogP contribution in [0.1, 0.15) is 72.1 Å². The highest BCUT2D eigenvalue weighted by molar-refractivity contribution is 5.81. The molecule has 0 aromatic rings. The fourth-order valence-electron chi connectivity index (χ4n) is 3.07. The molecule has 5 nitrogen and oxygen atoms in total. The Morgan fingerprint density at radius 3 is 2.25 bits per heavy atom. The van der Waals surface area contributed by atoms with Gasteiger partial charge in [-0.2, -0.15) is 0 Å². The summed E-state index contributed by atoms with van der Waals surface area (Å²) in [6.45, 7) is 8.02. The van der Waals surface area contributed by atoms with E-state index >= 15 is 0 Å². The van der Waals surface area contributed by atoms with E-state index in [0.717, 1.165) is 25.6 Å². The molecule has 0 aliphatic heterocycles. The molecule has 140 valence electrons. The third kappa shape index (κ3) is 8.67. The lowest BCUT2D eigenvalue weighted by Gasteiger charge is -2.31. The van der Waals surface area contributed by atoms with E-state index in [4.69, 9.17) is 0 Å².